The van der Waals surface area contributed by atoms with Crippen LogP contribution in [0.5, 0.6) is 5.06 Å². The van der Waals surface area contributed by atoms with Crippen molar-refractivity contribution in [2.45, 2.75) is 13.8 Å². The molecule has 1 aromatic rings. The van der Waals surface area contributed by atoms with Gasteiger partial charge in [0.2, 0.25) is 0 Å². The van der Waals surface area contributed by atoms with Gasteiger partial charge in [0.1, 0.15) is 0 Å². The van der Waals surface area contributed by atoms with E-state index in [0.29, 0.717) is 5.06 Å². The Morgan fingerprint density at radius 2 is 2.25 bits per heavy atom. The zero-order valence-electron chi connectivity index (χ0n) is 7.30. The molecule has 1 N–H and O–H groups in total. The van der Waals surface area contributed by atoms with Gasteiger partial charge in [-0.05, 0) is 24.8 Å². The first-order valence-corrected chi connectivity index (χ1v) is 4.47. The molecule has 12 heavy (non-hydrogen) atoms. The predicted molar refractivity (Wildman–Crippen MR) is 48.9 cm³/mol. The summed E-state index contributed by atoms with van der Waals surface area (Å²) in [4.78, 5) is 10.8. The Balaban J connectivity index is 2.76. The van der Waals surface area contributed by atoms with Gasteiger partial charge >= 0.3 is 6.09 Å². The Kier molecular flexibility index (Phi) is 2.70. The normalized spacial score (nSPS) is 9.58. The fourth-order valence-corrected chi connectivity index (χ4v) is 1.64. The molecule has 0 aromatic carbocycles. The van der Waals surface area contributed by atoms with Crippen molar-refractivity contribution in [3.63, 3.8) is 0 Å². The van der Waals surface area contributed by atoms with Crippen LogP contribution in [0.4, 0.5) is 4.79 Å². The molecule has 0 aliphatic rings. The molecule has 0 bridgehead atoms. The summed E-state index contributed by atoms with van der Waals surface area (Å²) in [5.74, 6) is 0. The Labute approximate surface area is 75.4 Å². The number of aryl methyl sites for hydroxylation is 1. The summed E-state index contributed by atoms with van der Waals surface area (Å²) in [5, 5.41) is 5.03. The quantitative estimate of drug-likeness (QED) is 0.727. The molecule has 0 unspecified atom stereocenters. The smallest absolute Gasteiger partial charge is 0.399 e. The van der Waals surface area contributed by atoms with Gasteiger partial charge in [-0.25, -0.2) is 4.79 Å². The van der Waals surface area contributed by atoms with Gasteiger partial charge in [-0.15, -0.1) is 11.3 Å². The topological polar surface area (TPSA) is 38.3 Å². The van der Waals surface area contributed by atoms with Crippen LogP contribution in [0.25, 0.3) is 0 Å². The minimum atomic E-state index is -0.417. The Morgan fingerprint density at radius 1 is 1.58 bits per heavy atom. The van der Waals surface area contributed by atoms with E-state index in [9.17, 15) is 4.79 Å². The van der Waals surface area contributed by atoms with Crippen LogP contribution in [0.3, 0.4) is 0 Å². The van der Waals surface area contributed by atoms with Gasteiger partial charge in [-0.2, -0.15) is 0 Å². The molecule has 0 radical (unpaired) electrons. The molecule has 0 aliphatic heterocycles. The first kappa shape index (κ1) is 9.06. The number of rotatable bonds is 1. The minimum absolute atomic E-state index is 0.417. The van der Waals surface area contributed by atoms with Crippen LogP contribution in [0.1, 0.15) is 11.1 Å². The Bertz CT molecular complexity index is 293. The van der Waals surface area contributed by atoms with Crippen LogP contribution in [-0.2, 0) is 0 Å². The molecule has 66 valence electrons. The molecule has 0 saturated carbocycles. The van der Waals surface area contributed by atoms with Crippen molar-refractivity contribution in [1.82, 2.24) is 5.32 Å². The van der Waals surface area contributed by atoms with Crippen LogP contribution in [-0.4, -0.2) is 13.1 Å². The highest BCUT2D eigenvalue weighted by Crippen LogP contribution is 2.28. The second kappa shape index (κ2) is 3.58. The lowest BCUT2D eigenvalue weighted by atomic mass is 10.2. The average Bonchev–Trinajstić information content (AvgIpc) is 2.36. The van der Waals surface area contributed by atoms with Crippen LogP contribution >= 0.6 is 11.3 Å². The standard InChI is InChI=1S/C8H11NO2S/c1-5-4-12-7(6(5)2)11-8(10)9-3/h4H,1-3H3,(H,9,10). The molecule has 3 nitrogen and oxygen atoms in total. The molecular weight excluding hydrogens is 174 g/mol. The van der Waals surface area contributed by atoms with E-state index in [1.54, 1.807) is 0 Å². The van der Waals surface area contributed by atoms with Gasteiger partial charge < -0.3 is 10.1 Å². The van der Waals surface area contributed by atoms with Gasteiger partial charge in [0, 0.05) is 12.6 Å². The van der Waals surface area contributed by atoms with Gasteiger partial charge in [0.25, 0.3) is 0 Å². The highest BCUT2D eigenvalue weighted by atomic mass is 32.1. The summed E-state index contributed by atoms with van der Waals surface area (Å²) in [6.07, 6.45) is -0.417. The number of ether oxygens (including phenoxy) is 1. The number of nitrogens with one attached hydrogen (secondary N) is 1. The molecule has 1 rings (SSSR count). The van der Waals surface area contributed by atoms with Crippen LogP contribution in [0.15, 0.2) is 5.38 Å². The van der Waals surface area contributed by atoms with Gasteiger partial charge in [0.05, 0.1) is 0 Å². The summed E-state index contributed by atoms with van der Waals surface area (Å²) in [6, 6.07) is 0. The van der Waals surface area contributed by atoms with E-state index in [2.05, 4.69) is 5.32 Å². The zero-order chi connectivity index (χ0) is 9.14. The average molecular weight is 185 g/mol. The molecule has 0 spiro atoms. The molecule has 0 fully saturated rings. The first-order valence-electron chi connectivity index (χ1n) is 3.59. The van der Waals surface area contributed by atoms with Crippen molar-refractivity contribution in [3.8, 4) is 5.06 Å². The number of hydrogen-bond acceptors (Lipinski definition) is 3. The Morgan fingerprint density at radius 3 is 2.67 bits per heavy atom. The predicted octanol–water partition coefficient (Wildman–Crippen LogP) is 2.08. The number of carbonyl (C=O) groups excluding carboxylic acids is 1. The van der Waals surface area contributed by atoms with Crippen molar-refractivity contribution >= 4 is 17.4 Å². The van der Waals surface area contributed by atoms with Crippen molar-refractivity contribution in [2.75, 3.05) is 7.05 Å². The molecular formula is C8H11NO2S. The van der Waals surface area contributed by atoms with E-state index >= 15 is 0 Å². The lowest BCUT2D eigenvalue weighted by Crippen LogP contribution is -2.21. The number of carbonyl (C=O) groups is 1. The van der Waals surface area contributed by atoms with E-state index in [4.69, 9.17) is 4.74 Å². The second-order valence-electron chi connectivity index (χ2n) is 2.47. The molecule has 0 atom stereocenters. The minimum Gasteiger partial charge on any atom is -0.399 e. The molecule has 0 saturated heterocycles. The molecule has 4 heteroatoms. The maximum Gasteiger partial charge on any atom is 0.413 e. The third-order valence-electron chi connectivity index (χ3n) is 1.63. The first-order chi connectivity index (χ1) is 5.65. The van der Waals surface area contributed by atoms with E-state index in [0.717, 1.165) is 11.1 Å². The number of amides is 1. The lowest BCUT2D eigenvalue weighted by molar-refractivity contribution is 0.204. The van der Waals surface area contributed by atoms with E-state index in [1.165, 1.54) is 18.4 Å². The van der Waals surface area contributed by atoms with E-state index in [1.807, 2.05) is 19.2 Å². The SMILES string of the molecule is CNC(=O)Oc1scc(C)c1C. The molecule has 0 aliphatic carbocycles. The number of hydrogen-bond donors (Lipinski definition) is 1. The van der Waals surface area contributed by atoms with Crippen LogP contribution < -0.4 is 10.1 Å². The van der Waals surface area contributed by atoms with Crippen LogP contribution in [0.2, 0.25) is 0 Å². The second-order valence-corrected chi connectivity index (χ2v) is 3.31. The molecule has 1 heterocycles. The van der Waals surface area contributed by atoms with Gasteiger partial charge in [-0.1, -0.05) is 0 Å². The molecule has 1 aromatic heterocycles. The Hall–Kier alpha value is -1.03. The van der Waals surface area contributed by atoms with Gasteiger partial charge in [-0.3, -0.25) is 0 Å². The number of thiophene rings is 1. The highest BCUT2D eigenvalue weighted by molar-refractivity contribution is 7.12. The van der Waals surface area contributed by atoms with E-state index in [-0.39, 0.29) is 0 Å². The van der Waals surface area contributed by atoms with E-state index < -0.39 is 6.09 Å². The molecule has 1 amide bonds. The summed E-state index contributed by atoms with van der Waals surface area (Å²) >= 11 is 1.44. The zero-order valence-corrected chi connectivity index (χ0v) is 8.12. The summed E-state index contributed by atoms with van der Waals surface area (Å²) in [5.41, 5.74) is 2.18. The van der Waals surface area contributed by atoms with Crippen molar-refractivity contribution in [2.24, 2.45) is 0 Å². The fraction of sp³-hybridized carbons (Fsp3) is 0.375. The van der Waals surface area contributed by atoms with Crippen LogP contribution in [0, 0.1) is 13.8 Å². The maximum absolute atomic E-state index is 10.8. The fourth-order valence-electron chi connectivity index (χ4n) is 0.715. The van der Waals surface area contributed by atoms with Crippen molar-refractivity contribution in [1.29, 1.82) is 0 Å². The lowest BCUT2D eigenvalue weighted by Gasteiger charge is -2.00. The monoisotopic (exact) mass is 185 g/mol. The maximum atomic E-state index is 10.8. The highest BCUT2D eigenvalue weighted by Gasteiger charge is 2.08. The van der Waals surface area contributed by atoms with Gasteiger partial charge in [0.15, 0.2) is 5.06 Å². The third kappa shape index (κ3) is 1.76. The van der Waals surface area contributed by atoms with Crippen molar-refractivity contribution < 1.29 is 9.53 Å². The summed E-state index contributed by atoms with van der Waals surface area (Å²) in [6.45, 7) is 3.92. The summed E-state index contributed by atoms with van der Waals surface area (Å²) < 4.78 is 4.98. The summed E-state index contributed by atoms with van der Waals surface area (Å²) in [7, 11) is 1.54. The van der Waals surface area contributed by atoms with Crippen molar-refractivity contribution in [3.05, 3.63) is 16.5 Å². The third-order valence-corrected chi connectivity index (χ3v) is 2.70. The largest absolute Gasteiger partial charge is 0.413 e.